The van der Waals surface area contributed by atoms with Gasteiger partial charge in [-0.3, -0.25) is 14.5 Å². The molecule has 2 amide bonds. The molecule has 2 heterocycles. The van der Waals surface area contributed by atoms with Gasteiger partial charge in [-0.05, 0) is 37.5 Å². The first-order chi connectivity index (χ1) is 11.5. The summed E-state index contributed by atoms with van der Waals surface area (Å²) in [7, 11) is 0. The molecule has 2 aliphatic heterocycles. The third-order valence-electron chi connectivity index (χ3n) is 4.26. The maximum absolute atomic E-state index is 12.2. The number of carbonyl (C=O) groups is 2. The van der Waals surface area contributed by atoms with Crippen LogP contribution in [-0.4, -0.2) is 49.3 Å². The van der Waals surface area contributed by atoms with Gasteiger partial charge < -0.3 is 19.9 Å². The Kier molecular flexibility index (Phi) is 5.01. The van der Waals surface area contributed by atoms with Crippen molar-refractivity contribution in [3.63, 3.8) is 0 Å². The molecule has 0 spiro atoms. The van der Waals surface area contributed by atoms with E-state index >= 15 is 0 Å². The van der Waals surface area contributed by atoms with E-state index in [9.17, 15) is 14.7 Å². The van der Waals surface area contributed by atoms with E-state index in [4.69, 9.17) is 9.47 Å². The Balaban J connectivity index is 1.69. The van der Waals surface area contributed by atoms with Crippen molar-refractivity contribution in [3.8, 4) is 5.75 Å². The number of aliphatic hydroxyl groups excluding tert-OH is 1. The summed E-state index contributed by atoms with van der Waals surface area (Å²) in [6.07, 6.45) is 1.35. The van der Waals surface area contributed by atoms with Gasteiger partial charge in [-0.15, -0.1) is 0 Å². The van der Waals surface area contributed by atoms with Crippen LogP contribution in [0.3, 0.4) is 0 Å². The van der Waals surface area contributed by atoms with E-state index in [2.05, 4.69) is 5.32 Å². The highest BCUT2D eigenvalue weighted by Crippen LogP contribution is 2.34. The van der Waals surface area contributed by atoms with Gasteiger partial charge in [-0.2, -0.15) is 0 Å². The Hall–Kier alpha value is -2.12. The number of nitrogens with zero attached hydrogens (tertiary/aromatic N) is 1. The van der Waals surface area contributed by atoms with Crippen LogP contribution < -0.4 is 15.0 Å². The zero-order valence-corrected chi connectivity index (χ0v) is 13.7. The van der Waals surface area contributed by atoms with Crippen LogP contribution in [-0.2, 0) is 14.3 Å². The number of aliphatic hydroxyl groups is 1. The molecule has 1 saturated heterocycles. The minimum Gasteiger partial charge on any atom is -0.482 e. The Morgan fingerprint density at radius 3 is 3.04 bits per heavy atom. The standard InChI is InChI=1S/C17H22N2O5/c1-11(20)12-4-5-15-14(7-12)19(17(22)10-24-15)9-16(21)18-8-13-3-2-6-23-13/h4-5,7,11,13,20H,2-3,6,8-10H2,1H3,(H,18,21)/t11-,13+/m0/s1. The Labute approximate surface area is 140 Å². The normalized spacial score (nSPS) is 21.2. The molecule has 130 valence electrons. The number of benzene rings is 1. The third kappa shape index (κ3) is 3.68. The van der Waals surface area contributed by atoms with Gasteiger partial charge >= 0.3 is 0 Å². The molecule has 2 N–H and O–H groups in total. The van der Waals surface area contributed by atoms with Gasteiger partial charge in [0.15, 0.2) is 6.61 Å². The fourth-order valence-electron chi connectivity index (χ4n) is 2.88. The lowest BCUT2D eigenvalue weighted by atomic mass is 10.1. The number of hydrogen-bond acceptors (Lipinski definition) is 5. The molecule has 7 heteroatoms. The molecule has 1 aromatic carbocycles. The quantitative estimate of drug-likeness (QED) is 0.830. The van der Waals surface area contributed by atoms with Crippen molar-refractivity contribution in [2.45, 2.75) is 32.0 Å². The van der Waals surface area contributed by atoms with Crippen LogP contribution >= 0.6 is 0 Å². The number of carbonyl (C=O) groups excluding carboxylic acids is 2. The van der Waals surface area contributed by atoms with Gasteiger partial charge in [0.05, 0.1) is 17.9 Å². The number of hydrogen-bond donors (Lipinski definition) is 2. The summed E-state index contributed by atoms with van der Waals surface area (Å²) in [4.78, 5) is 25.8. The molecule has 2 atom stereocenters. The fraction of sp³-hybridized carbons (Fsp3) is 0.529. The minimum atomic E-state index is -0.664. The number of rotatable bonds is 5. The van der Waals surface area contributed by atoms with Crippen molar-refractivity contribution in [2.24, 2.45) is 0 Å². The smallest absolute Gasteiger partial charge is 0.265 e. The van der Waals surface area contributed by atoms with Crippen molar-refractivity contribution in [1.29, 1.82) is 0 Å². The molecule has 3 rings (SSSR count). The van der Waals surface area contributed by atoms with Crippen LogP contribution in [0.4, 0.5) is 5.69 Å². The summed E-state index contributed by atoms with van der Waals surface area (Å²) in [5.74, 6) is 0.0117. The Bertz CT molecular complexity index is 625. The highest BCUT2D eigenvalue weighted by Gasteiger charge is 2.28. The third-order valence-corrected chi connectivity index (χ3v) is 4.26. The molecule has 0 aromatic heterocycles. The Morgan fingerprint density at radius 2 is 2.33 bits per heavy atom. The first-order valence-corrected chi connectivity index (χ1v) is 8.18. The number of amides is 2. The summed E-state index contributed by atoms with van der Waals surface area (Å²) in [5.41, 5.74) is 1.17. The van der Waals surface area contributed by atoms with Crippen molar-refractivity contribution in [1.82, 2.24) is 5.32 Å². The van der Waals surface area contributed by atoms with Crippen LogP contribution in [0.1, 0.15) is 31.4 Å². The molecule has 1 aromatic rings. The van der Waals surface area contributed by atoms with E-state index in [-0.39, 0.29) is 31.1 Å². The second kappa shape index (κ2) is 7.19. The number of nitrogens with one attached hydrogen (secondary N) is 1. The van der Waals surface area contributed by atoms with E-state index in [0.717, 1.165) is 19.4 Å². The van der Waals surface area contributed by atoms with E-state index in [1.165, 1.54) is 4.90 Å². The highest BCUT2D eigenvalue weighted by molar-refractivity contribution is 6.02. The molecule has 1 fully saturated rings. The van der Waals surface area contributed by atoms with Crippen molar-refractivity contribution < 1.29 is 24.2 Å². The number of fused-ring (bicyclic) bond motifs is 1. The zero-order chi connectivity index (χ0) is 17.1. The lowest BCUT2D eigenvalue weighted by Crippen LogP contribution is -2.46. The molecular weight excluding hydrogens is 312 g/mol. The molecule has 0 aliphatic carbocycles. The van der Waals surface area contributed by atoms with Crippen LogP contribution in [0.2, 0.25) is 0 Å². The number of ether oxygens (including phenoxy) is 2. The van der Waals surface area contributed by atoms with Crippen molar-refractivity contribution >= 4 is 17.5 Å². The molecule has 2 aliphatic rings. The van der Waals surface area contributed by atoms with Gasteiger partial charge in [0, 0.05) is 13.2 Å². The second-order valence-electron chi connectivity index (χ2n) is 6.11. The van der Waals surface area contributed by atoms with Gasteiger partial charge in [0.25, 0.3) is 5.91 Å². The van der Waals surface area contributed by atoms with Crippen LogP contribution in [0.25, 0.3) is 0 Å². The van der Waals surface area contributed by atoms with Crippen molar-refractivity contribution in [2.75, 3.05) is 31.2 Å². The van der Waals surface area contributed by atoms with Crippen LogP contribution in [0.15, 0.2) is 18.2 Å². The SMILES string of the molecule is C[C@H](O)c1ccc2c(c1)N(CC(=O)NC[C@H]1CCCO1)C(=O)CO2. The average Bonchev–Trinajstić information content (AvgIpc) is 3.08. The topological polar surface area (TPSA) is 88.1 Å². The largest absolute Gasteiger partial charge is 0.482 e. The molecule has 0 unspecified atom stereocenters. The molecule has 0 radical (unpaired) electrons. The first-order valence-electron chi connectivity index (χ1n) is 8.18. The minimum absolute atomic E-state index is 0.0588. The monoisotopic (exact) mass is 334 g/mol. The summed E-state index contributed by atoms with van der Waals surface area (Å²) < 4.78 is 10.9. The van der Waals surface area contributed by atoms with Crippen molar-refractivity contribution in [3.05, 3.63) is 23.8 Å². The maximum atomic E-state index is 12.2. The molecule has 7 nitrogen and oxygen atoms in total. The zero-order valence-electron chi connectivity index (χ0n) is 13.7. The molecular formula is C17H22N2O5. The van der Waals surface area contributed by atoms with Crippen LogP contribution in [0, 0.1) is 0 Å². The molecule has 24 heavy (non-hydrogen) atoms. The van der Waals surface area contributed by atoms with E-state index < -0.39 is 6.10 Å². The molecule has 0 bridgehead atoms. The average molecular weight is 334 g/mol. The maximum Gasteiger partial charge on any atom is 0.265 e. The lowest BCUT2D eigenvalue weighted by molar-refractivity contribution is -0.125. The Morgan fingerprint density at radius 1 is 1.50 bits per heavy atom. The molecule has 0 saturated carbocycles. The van der Waals surface area contributed by atoms with Gasteiger partial charge in [0.1, 0.15) is 12.3 Å². The fourth-order valence-corrected chi connectivity index (χ4v) is 2.88. The lowest BCUT2D eigenvalue weighted by Gasteiger charge is -2.29. The second-order valence-corrected chi connectivity index (χ2v) is 6.11. The highest BCUT2D eigenvalue weighted by atomic mass is 16.5. The van der Waals surface area contributed by atoms with Gasteiger partial charge in [-0.25, -0.2) is 0 Å². The van der Waals surface area contributed by atoms with Gasteiger partial charge in [-0.1, -0.05) is 6.07 Å². The summed E-state index contributed by atoms with van der Waals surface area (Å²) in [5, 5.41) is 12.5. The van der Waals surface area contributed by atoms with Crippen LogP contribution in [0.5, 0.6) is 5.75 Å². The summed E-state index contributed by atoms with van der Waals surface area (Å²) >= 11 is 0. The summed E-state index contributed by atoms with van der Waals surface area (Å²) in [6.45, 7) is 2.66. The van der Waals surface area contributed by atoms with Gasteiger partial charge in [0.2, 0.25) is 5.91 Å². The first kappa shape index (κ1) is 16.7. The van der Waals surface area contributed by atoms with E-state index in [1.54, 1.807) is 25.1 Å². The van der Waals surface area contributed by atoms with E-state index in [1.807, 2.05) is 0 Å². The van der Waals surface area contributed by atoms with E-state index in [0.29, 0.717) is 23.5 Å². The predicted molar refractivity (Wildman–Crippen MR) is 86.9 cm³/mol. The summed E-state index contributed by atoms with van der Waals surface area (Å²) in [6, 6.07) is 5.14. The predicted octanol–water partition coefficient (Wildman–Crippen LogP) is 0.760. The number of anilines is 1.